The Morgan fingerprint density at radius 3 is 1.53 bits per heavy atom. The van der Waals surface area contributed by atoms with Crippen molar-refractivity contribution in [3.05, 3.63) is 188 Å². The van der Waals surface area contributed by atoms with Crippen LogP contribution in [0.25, 0.3) is 11.0 Å². The molecule has 0 fully saturated rings. The quantitative estimate of drug-likeness (QED) is 0.170. The van der Waals surface area contributed by atoms with Crippen LogP contribution in [0.4, 0.5) is 51.2 Å². The highest BCUT2D eigenvalue weighted by atomic mass is 16.6. The fraction of sp³-hybridized carbons (Fsp3) is 0. The van der Waals surface area contributed by atoms with E-state index in [0.717, 1.165) is 56.1 Å². The summed E-state index contributed by atoms with van der Waals surface area (Å²) in [4.78, 5) is 7.36. The van der Waals surface area contributed by atoms with Gasteiger partial charge in [0.15, 0.2) is 0 Å². The van der Waals surface area contributed by atoms with Crippen molar-refractivity contribution in [2.24, 2.45) is 0 Å². The van der Waals surface area contributed by atoms with E-state index in [2.05, 4.69) is 191 Å². The average molecular weight is 727 g/mol. The molecule has 0 amide bonds. The lowest BCUT2D eigenvalue weighted by Gasteiger charge is -2.46. The number of nitrogens with zero attached hydrogens (tertiary/aromatic N) is 3. The molecule has 0 spiro atoms. The van der Waals surface area contributed by atoms with Crippen LogP contribution in [-0.4, -0.2) is 13.4 Å². The zero-order valence-electron chi connectivity index (χ0n) is 30.7. The summed E-state index contributed by atoms with van der Waals surface area (Å²) in [6, 6.07) is 67.9. The molecule has 1 aromatic heterocycles. The van der Waals surface area contributed by atoms with E-state index in [0.29, 0.717) is 5.95 Å². The first-order chi connectivity index (χ1) is 28.3. The minimum absolute atomic E-state index is 0.0187. The van der Waals surface area contributed by atoms with Crippen LogP contribution >= 0.6 is 0 Å². The summed E-state index contributed by atoms with van der Waals surface area (Å²) in [5.74, 6) is 1.40. The van der Waals surface area contributed by atoms with E-state index in [4.69, 9.17) is 9.15 Å². The van der Waals surface area contributed by atoms with Crippen LogP contribution in [-0.2, 0) is 0 Å². The first kappa shape index (κ1) is 30.9. The van der Waals surface area contributed by atoms with Gasteiger partial charge in [-0.25, -0.2) is 0 Å². The van der Waals surface area contributed by atoms with Crippen molar-refractivity contribution < 1.29 is 9.15 Å². The molecule has 0 atom stereocenters. The average Bonchev–Trinajstić information content (AvgIpc) is 3.65. The number of hydrogen-bond acceptors (Lipinski definition) is 5. The highest BCUT2D eigenvalue weighted by Gasteiger charge is 2.48. The van der Waals surface area contributed by atoms with Crippen molar-refractivity contribution in [3.63, 3.8) is 0 Å². The van der Waals surface area contributed by atoms with Crippen molar-refractivity contribution in [2.45, 2.75) is 0 Å². The Kier molecular flexibility index (Phi) is 6.27. The highest BCUT2D eigenvalue weighted by molar-refractivity contribution is 7.03. The number of ether oxygens (including phenoxy) is 1. The third-order valence-electron chi connectivity index (χ3n) is 12.3. The van der Waals surface area contributed by atoms with Crippen molar-refractivity contribution in [3.8, 4) is 11.7 Å². The lowest BCUT2D eigenvalue weighted by molar-refractivity contribution is 0.364. The number of benzene rings is 8. The third-order valence-corrected chi connectivity index (χ3v) is 12.3. The van der Waals surface area contributed by atoms with Crippen molar-refractivity contribution in [1.29, 1.82) is 0 Å². The number of rotatable bonds is 3. The lowest BCUT2D eigenvalue weighted by atomic mass is 9.30. The Balaban J connectivity index is 1.16. The second kappa shape index (κ2) is 11.6. The minimum Gasteiger partial charge on any atom is -0.427 e. The molecule has 264 valence electrons. The Morgan fingerprint density at radius 2 is 0.860 bits per heavy atom. The van der Waals surface area contributed by atoms with Gasteiger partial charge in [0.2, 0.25) is 0 Å². The summed E-state index contributed by atoms with van der Waals surface area (Å²) in [7, 11) is 0. The van der Waals surface area contributed by atoms with Gasteiger partial charge in [-0.1, -0.05) is 109 Å². The Morgan fingerprint density at radius 1 is 0.351 bits per heavy atom. The Bertz CT molecular complexity index is 3100. The molecule has 4 aliphatic rings. The topological polar surface area (TPSA) is 32.1 Å². The van der Waals surface area contributed by atoms with Crippen molar-refractivity contribution in [2.75, 3.05) is 14.7 Å². The monoisotopic (exact) mass is 727 g/mol. The van der Waals surface area contributed by atoms with Crippen LogP contribution in [0.3, 0.4) is 0 Å². The highest BCUT2D eigenvalue weighted by Crippen LogP contribution is 2.47. The van der Waals surface area contributed by atoms with Gasteiger partial charge in [-0.15, -0.1) is 0 Å². The van der Waals surface area contributed by atoms with Crippen molar-refractivity contribution >= 4 is 108 Å². The molecule has 9 aromatic rings. The molecular formula is C50H31B2N3O2. The maximum absolute atomic E-state index is 6.70. The number of anilines is 9. The van der Waals surface area contributed by atoms with Gasteiger partial charge in [-0.2, -0.15) is 0 Å². The molecule has 0 saturated carbocycles. The number of para-hydroxylation sites is 5. The largest absolute Gasteiger partial charge is 0.427 e. The standard InChI is InChI=1S/C50H31B2N3O2/c1-4-16-32(17-5-1)53-39-24-12-11-23-36(39)51-37-30-38-44(31-43(37)54(33-18-6-2-7-19-33)41-26-14-25-40(53)48(41)51)55(34-20-8-3-9-21-34)42-27-15-29-46-49(42)52(38)47-35-22-10-13-28-45(35)56-50(47)57-46/h1-31H. The van der Waals surface area contributed by atoms with Gasteiger partial charge in [0.05, 0.1) is 0 Å². The molecule has 57 heavy (non-hydrogen) atoms. The zero-order chi connectivity index (χ0) is 37.2. The summed E-state index contributed by atoms with van der Waals surface area (Å²) < 4.78 is 13.2. The van der Waals surface area contributed by atoms with E-state index >= 15 is 0 Å². The Labute approximate surface area is 330 Å². The number of furan rings is 1. The van der Waals surface area contributed by atoms with Crippen LogP contribution in [0.2, 0.25) is 0 Å². The second-order valence-corrected chi connectivity index (χ2v) is 15.2. The van der Waals surface area contributed by atoms with Crippen LogP contribution in [0.15, 0.2) is 192 Å². The molecule has 4 aliphatic heterocycles. The van der Waals surface area contributed by atoms with Gasteiger partial charge in [-0.3, -0.25) is 0 Å². The lowest BCUT2D eigenvalue weighted by Crippen LogP contribution is -2.64. The first-order valence-electron chi connectivity index (χ1n) is 19.6. The molecule has 0 N–H and O–H groups in total. The van der Waals surface area contributed by atoms with Crippen LogP contribution in [0.5, 0.6) is 11.7 Å². The second-order valence-electron chi connectivity index (χ2n) is 15.2. The number of hydrogen-bond donors (Lipinski definition) is 0. The first-order valence-corrected chi connectivity index (χ1v) is 19.6. The van der Waals surface area contributed by atoms with E-state index in [1.165, 1.54) is 44.6 Å². The van der Waals surface area contributed by atoms with Crippen LogP contribution in [0.1, 0.15) is 0 Å². The zero-order valence-corrected chi connectivity index (χ0v) is 30.7. The third kappa shape index (κ3) is 4.20. The fourth-order valence-corrected chi connectivity index (χ4v) is 10.1. The van der Waals surface area contributed by atoms with E-state index in [-0.39, 0.29) is 13.4 Å². The SMILES string of the molecule is c1ccc(N2c3cc4c(cc3B3c5c(cccc52)Oc2oc5ccccc5c23)B2c3ccccc3N(c3ccccc3)c3cccc(c32)N4c2ccccc2)cc1. The molecule has 7 heteroatoms. The molecular weight excluding hydrogens is 696 g/mol. The molecule has 8 aromatic carbocycles. The summed E-state index contributed by atoms with van der Waals surface area (Å²) in [6.07, 6.45) is 0. The predicted molar refractivity (Wildman–Crippen MR) is 236 cm³/mol. The minimum atomic E-state index is -0.120. The van der Waals surface area contributed by atoms with Gasteiger partial charge in [-0.05, 0) is 106 Å². The Hall–Kier alpha value is -7.37. The molecule has 0 saturated heterocycles. The van der Waals surface area contributed by atoms with Gasteiger partial charge in [0.25, 0.3) is 19.4 Å². The van der Waals surface area contributed by atoms with Crippen LogP contribution < -0.4 is 52.2 Å². The van der Waals surface area contributed by atoms with Gasteiger partial charge in [0, 0.05) is 62.0 Å². The van der Waals surface area contributed by atoms with Crippen molar-refractivity contribution in [1.82, 2.24) is 0 Å². The summed E-state index contributed by atoms with van der Waals surface area (Å²) in [5.41, 5.74) is 18.5. The molecule has 5 nitrogen and oxygen atoms in total. The van der Waals surface area contributed by atoms with E-state index in [1.54, 1.807) is 0 Å². The molecule has 5 heterocycles. The maximum atomic E-state index is 6.70. The summed E-state index contributed by atoms with van der Waals surface area (Å²) in [5, 5.41) is 1.08. The predicted octanol–water partition coefficient (Wildman–Crippen LogP) is 8.92. The summed E-state index contributed by atoms with van der Waals surface area (Å²) >= 11 is 0. The summed E-state index contributed by atoms with van der Waals surface area (Å²) in [6.45, 7) is -0.139. The van der Waals surface area contributed by atoms with Gasteiger partial charge in [0.1, 0.15) is 11.3 Å². The molecule has 0 bridgehead atoms. The van der Waals surface area contributed by atoms with E-state index in [1.807, 2.05) is 12.1 Å². The fourth-order valence-electron chi connectivity index (χ4n) is 10.1. The molecule has 0 unspecified atom stereocenters. The number of fused-ring (bicyclic) bond motifs is 10. The molecule has 0 aliphatic carbocycles. The smallest absolute Gasteiger partial charge is 0.285 e. The van der Waals surface area contributed by atoms with Crippen LogP contribution in [0, 0.1) is 0 Å². The maximum Gasteiger partial charge on any atom is 0.285 e. The van der Waals surface area contributed by atoms with Gasteiger partial charge >= 0.3 is 0 Å². The van der Waals surface area contributed by atoms with E-state index in [9.17, 15) is 0 Å². The molecule has 0 radical (unpaired) electrons. The van der Waals surface area contributed by atoms with E-state index < -0.39 is 0 Å². The van der Waals surface area contributed by atoms with Gasteiger partial charge < -0.3 is 23.9 Å². The molecule has 13 rings (SSSR count). The normalized spacial score (nSPS) is 13.9.